The number of nitrogens with zero attached hydrogens (tertiary/aromatic N) is 1. The maximum Gasteiger partial charge on any atom is 0.255 e. The number of amides is 2. The van der Waals surface area contributed by atoms with E-state index in [0.717, 1.165) is 6.42 Å². The number of rotatable bonds is 4. The summed E-state index contributed by atoms with van der Waals surface area (Å²) in [5.41, 5.74) is 1.90. The van der Waals surface area contributed by atoms with Crippen LogP contribution >= 0.6 is 11.8 Å². The van der Waals surface area contributed by atoms with E-state index in [0.29, 0.717) is 17.2 Å². The zero-order valence-electron chi connectivity index (χ0n) is 15.3. The van der Waals surface area contributed by atoms with E-state index >= 15 is 0 Å². The molecular formula is C19H28N2O2S. The second kappa shape index (κ2) is 7.60. The van der Waals surface area contributed by atoms with Gasteiger partial charge in [0.1, 0.15) is 6.04 Å². The predicted molar refractivity (Wildman–Crippen MR) is 100 cm³/mol. The van der Waals surface area contributed by atoms with Crippen molar-refractivity contribution in [3.8, 4) is 0 Å². The molecule has 0 aliphatic carbocycles. The van der Waals surface area contributed by atoms with Gasteiger partial charge in [0.05, 0.1) is 5.88 Å². The topological polar surface area (TPSA) is 49.4 Å². The summed E-state index contributed by atoms with van der Waals surface area (Å²) in [7, 11) is 0. The van der Waals surface area contributed by atoms with Crippen LogP contribution < -0.4 is 5.32 Å². The van der Waals surface area contributed by atoms with Crippen LogP contribution in [0.15, 0.2) is 24.3 Å². The number of carbonyl (C=O) groups is 2. The highest BCUT2D eigenvalue weighted by Crippen LogP contribution is 2.26. The molecule has 1 heterocycles. The van der Waals surface area contributed by atoms with Crippen molar-refractivity contribution in [3.63, 3.8) is 0 Å². The van der Waals surface area contributed by atoms with E-state index in [4.69, 9.17) is 0 Å². The number of nitrogens with one attached hydrogen (secondary N) is 1. The number of hydrogen-bond donors (Lipinski definition) is 1. The van der Waals surface area contributed by atoms with Crippen LogP contribution in [0.25, 0.3) is 0 Å². The van der Waals surface area contributed by atoms with Gasteiger partial charge in [0, 0.05) is 17.4 Å². The molecule has 1 saturated heterocycles. The zero-order chi connectivity index (χ0) is 17.9. The average molecular weight is 349 g/mol. The number of benzene rings is 1. The van der Waals surface area contributed by atoms with E-state index in [-0.39, 0.29) is 29.3 Å². The molecule has 1 aliphatic rings. The third-order valence-corrected chi connectivity index (χ3v) is 5.46. The number of carbonyl (C=O) groups excluding carboxylic acids is 2. The third-order valence-electron chi connectivity index (χ3n) is 4.44. The number of hydrogen-bond acceptors (Lipinski definition) is 3. The molecule has 0 bridgehead atoms. The first-order valence-electron chi connectivity index (χ1n) is 8.53. The van der Waals surface area contributed by atoms with Crippen LogP contribution in [-0.2, 0) is 10.2 Å². The molecule has 0 saturated carbocycles. The van der Waals surface area contributed by atoms with Crippen LogP contribution in [0.3, 0.4) is 0 Å². The lowest BCUT2D eigenvalue weighted by Gasteiger charge is -2.25. The molecule has 1 aliphatic heterocycles. The minimum Gasteiger partial charge on any atom is -0.352 e. The van der Waals surface area contributed by atoms with Gasteiger partial charge in [-0.3, -0.25) is 9.59 Å². The lowest BCUT2D eigenvalue weighted by atomic mass is 9.86. The molecule has 4 nitrogen and oxygen atoms in total. The van der Waals surface area contributed by atoms with Gasteiger partial charge in [0.2, 0.25) is 5.91 Å². The van der Waals surface area contributed by atoms with Crippen LogP contribution in [0.2, 0.25) is 0 Å². The molecule has 0 aromatic heterocycles. The van der Waals surface area contributed by atoms with Crippen molar-refractivity contribution in [3.05, 3.63) is 35.4 Å². The smallest absolute Gasteiger partial charge is 0.255 e. The minimum absolute atomic E-state index is 0.0472. The van der Waals surface area contributed by atoms with Gasteiger partial charge >= 0.3 is 0 Å². The first-order valence-corrected chi connectivity index (χ1v) is 9.69. The quantitative estimate of drug-likeness (QED) is 0.907. The summed E-state index contributed by atoms with van der Waals surface area (Å²) >= 11 is 1.63. The molecule has 0 radical (unpaired) electrons. The summed E-state index contributed by atoms with van der Waals surface area (Å²) in [5.74, 6) is 1.12. The fourth-order valence-electron chi connectivity index (χ4n) is 2.58. The Labute approximate surface area is 149 Å². The molecule has 1 aromatic carbocycles. The Hall–Kier alpha value is -1.49. The summed E-state index contributed by atoms with van der Waals surface area (Å²) in [6.45, 7) is 10.5. The lowest BCUT2D eigenvalue weighted by molar-refractivity contribution is -0.125. The van der Waals surface area contributed by atoms with Gasteiger partial charge in [-0.15, -0.1) is 11.8 Å². The zero-order valence-corrected chi connectivity index (χ0v) is 16.1. The Morgan fingerprint density at radius 3 is 2.46 bits per heavy atom. The van der Waals surface area contributed by atoms with Crippen molar-refractivity contribution in [2.45, 2.75) is 58.5 Å². The minimum atomic E-state index is -0.376. The van der Waals surface area contributed by atoms with Crippen molar-refractivity contribution in [1.82, 2.24) is 10.2 Å². The molecular weight excluding hydrogens is 320 g/mol. The summed E-state index contributed by atoms with van der Waals surface area (Å²) in [6, 6.07) is 7.50. The van der Waals surface area contributed by atoms with Crippen LogP contribution in [0.1, 0.15) is 57.0 Å². The van der Waals surface area contributed by atoms with Gasteiger partial charge in [0.15, 0.2) is 0 Å². The van der Waals surface area contributed by atoms with Gasteiger partial charge in [-0.1, -0.05) is 39.8 Å². The maximum atomic E-state index is 12.8. The molecule has 2 amide bonds. The van der Waals surface area contributed by atoms with Gasteiger partial charge < -0.3 is 10.2 Å². The molecule has 2 atom stereocenters. The Kier molecular flexibility index (Phi) is 5.97. The molecule has 2 unspecified atom stereocenters. The van der Waals surface area contributed by atoms with Gasteiger partial charge in [-0.2, -0.15) is 0 Å². The molecule has 24 heavy (non-hydrogen) atoms. The Morgan fingerprint density at radius 1 is 1.29 bits per heavy atom. The molecule has 1 N–H and O–H groups in total. The fourth-order valence-corrected chi connectivity index (χ4v) is 3.73. The Balaban J connectivity index is 2.11. The predicted octanol–water partition coefficient (Wildman–Crippen LogP) is 3.41. The summed E-state index contributed by atoms with van der Waals surface area (Å²) in [6.07, 6.45) is 0.883. The SMILES string of the molecule is CCC(C)NC(=O)C1CSCN1C(=O)c1ccc(C(C)(C)C)cc1. The molecule has 132 valence electrons. The second-order valence-electron chi connectivity index (χ2n) is 7.44. The van der Waals surface area contributed by atoms with E-state index in [1.807, 2.05) is 38.1 Å². The van der Waals surface area contributed by atoms with E-state index in [1.54, 1.807) is 16.7 Å². The third kappa shape index (κ3) is 4.32. The van der Waals surface area contributed by atoms with Gasteiger partial charge in [-0.05, 0) is 36.5 Å². The van der Waals surface area contributed by atoms with Gasteiger partial charge in [0.25, 0.3) is 5.91 Å². The molecule has 0 spiro atoms. The standard InChI is InChI=1S/C19H28N2O2S/c1-6-13(2)20-17(22)16-11-24-12-21(16)18(23)14-7-9-15(10-8-14)19(3,4)5/h7-10,13,16H,6,11-12H2,1-5H3,(H,20,22). The first kappa shape index (κ1) is 18.8. The van der Waals surface area contributed by atoms with Crippen LogP contribution in [0, 0.1) is 0 Å². The monoisotopic (exact) mass is 348 g/mol. The van der Waals surface area contributed by atoms with Gasteiger partial charge in [-0.25, -0.2) is 0 Å². The Morgan fingerprint density at radius 2 is 1.92 bits per heavy atom. The fraction of sp³-hybridized carbons (Fsp3) is 0.579. The lowest BCUT2D eigenvalue weighted by Crippen LogP contribution is -2.49. The first-order chi connectivity index (χ1) is 11.2. The van der Waals surface area contributed by atoms with E-state index in [2.05, 4.69) is 26.1 Å². The average Bonchev–Trinajstić information content (AvgIpc) is 3.03. The second-order valence-corrected chi connectivity index (χ2v) is 8.44. The number of thioether (sulfide) groups is 1. The Bertz CT molecular complexity index is 592. The molecule has 5 heteroatoms. The highest BCUT2D eigenvalue weighted by atomic mass is 32.2. The largest absolute Gasteiger partial charge is 0.352 e. The van der Waals surface area contributed by atoms with Crippen LogP contribution in [-0.4, -0.2) is 40.4 Å². The van der Waals surface area contributed by atoms with E-state index in [9.17, 15) is 9.59 Å². The van der Waals surface area contributed by atoms with Crippen molar-refractivity contribution in [2.75, 3.05) is 11.6 Å². The molecule has 1 fully saturated rings. The maximum absolute atomic E-state index is 12.8. The van der Waals surface area contributed by atoms with Crippen LogP contribution in [0.5, 0.6) is 0 Å². The van der Waals surface area contributed by atoms with E-state index < -0.39 is 0 Å². The highest BCUT2D eigenvalue weighted by molar-refractivity contribution is 7.99. The van der Waals surface area contributed by atoms with Crippen molar-refractivity contribution >= 4 is 23.6 Å². The summed E-state index contributed by atoms with van der Waals surface area (Å²) < 4.78 is 0. The van der Waals surface area contributed by atoms with Crippen LogP contribution in [0.4, 0.5) is 0 Å². The van der Waals surface area contributed by atoms with Crippen molar-refractivity contribution in [1.29, 1.82) is 0 Å². The molecule has 1 aromatic rings. The van der Waals surface area contributed by atoms with E-state index in [1.165, 1.54) is 5.56 Å². The summed E-state index contributed by atoms with van der Waals surface area (Å²) in [4.78, 5) is 26.9. The normalized spacial score (nSPS) is 19.2. The van der Waals surface area contributed by atoms with Crippen molar-refractivity contribution in [2.24, 2.45) is 0 Å². The molecule has 2 rings (SSSR count). The highest BCUT2D eigenvalue weighted by Gasteiger charge is 2.35. The summed E-state index contributed by atoms with van der Waals surface area (Å²) in [5, 5.41) is 2.99. The van der Waals surface area contributed by atoms with Crippen molar-refractivity contribution < 1.29 is 9.59 Å².